The minimum atomic E-state index is -0.944. The van der Waals surface area contributed by atoms with E-state index in [1.807, 2.05) is 27.7 Å². The number of carbonyl (C=O) groups excluding carboxylic acids is 1. The summed E-state index contributed by atoms with van der Waals surface area (Å²) in [6.07, 6.45) is 1.72. The summed E-state index contributed by atoms with van der Waals surface area (Å²) in [5, 5.41) is 12.0. The topological polar surface area (TPSA) is 78.9 Å². The number of hydrogen-bond donors (Lipinski definition) is 2. The number of thioether (sulfide) groups is 1. The fourth-order valence-electron chi connectivity index (χ4n) is 2.32. The fraction of sp³-hybridized carbons (Fsp3) is 0.857. The molecule has 1 rings (SSSR count). The molecule has 2 unspecified atom stereocenters. The Morgan fingerprint density at radius 2 is 2.10 bits per heavy atom. The second-order valence-electron chi connectivity index (χ2n) is 5.69. The van der Waals surface area contributed by atoms with Crippen LogP contribution in [0.3, 0.4) is 0 Å². The summed E-state index contributed by atoms with van der Waals surface area (Å²) in [6.45, 7) is 8.65. The number of nitrogens with zero attached hydrogens (tertiary/aromatic N) is 1. The standard InChI is InChI=1S/C14H26N2O4S/c1-5-7-11-16(10(8-21-11)12(17)18)13(19)15-9-14(3,4)20-6-2/h10-11H,5-9H2,1-4H3,(H,15,19)(H,17,18). The van der Waals surface area contributed by atoms with Crippen molar-refractivity contribution >= 4 is 23.8 Å². The highest BCUT2D eigenvalue weighted by Gasteiger charge is 2.41. The van der Waals surface area contributed by atoms with Crippen molar-refractivity contribution in [3.05, 3.63) is 0 Å². The minimum Gasteiger partial charge on any atom is -0.480 e. The quantitative estimate of drug-likeness (QED) is 0.752. The van der Waals surface area contributed by atoms with Gasteiger partial charge in [0.1, 0.15) is 6.04 Å². The van der Waals surface area contributed by atoms with E-state index in [0.29, 0.717) is 18.9 Å². The molecule has 7 heteroatoms. The summed E-state index contributed by atoms with van der Waals surface area (Å²) < 4.78 is 5.54. The Morgan fingerprint density at radius 1 is 1.43 bits per heavy atom. The molecule has 2 atom stereocenters. The zero-order chi connectivity index (χ0) is 16.0. The van der Waals surface area contributed by atoms with Crippen LogP contribution in [0.25, 0.3) is 0 Å². The predicted molar refractivity (Wildman–Crippen MR) is 83.5 cm³/mol. The number of urea groups is 1. The number of carboxylic acid groups (broad SMARTS) is 1. The van der Waals surface area contributed by atoms with Crippen molar-refractivity contribution in [3.8, 4) is 0 Å². The molecule has 1 heterocycles. The Bertz CT molecular complexity index is 376. The number of rotatable bonds is 7. The predicted octanol–water partition coefficient (Wildman–Crippen LogP) is 2.14. The molecule has 0 spiro atoms. The Hall–Kier alpha value is -0.950. The highest BCUT2D eigenvalue weighted by Crippen LogP contribution is 2.32. The molecule has 6 nitrogen and oxygen atoms in total. The van der Waals surface area contributed by atoms with Gasteiger partial charge in [-0.3, -0.25) is 4.90 Å². The van der Waals surface area contributed by atoms with Crippen molar-refractivity contribution in [1.82, 2.24) is 10.2 Å². The van der Waals surface area contributed by atoms with Gasteiger partial charge in [0.05, 0.1) is 11.0 Å². The van der Waals surface area contributed by atoms with Crippen LogP contribution in [0.15, 0.2) is 0 Å². The van der Waals surface area contributed by atoms with Crippen LogP contribution in [0.1, 0.15) is 40.5 Å². The van der Waals surface area contributed by atoms with Gasteiger partial charge in [-0.1, -0.05) is 13.3 Å². The maximum absolute atomic E-state index is 12.4. The minimum absolute atomic E-state index is 0.0636. The number of carbonyl (C=O) groups is 2. The molecule has 1 saturated heterocycles. The summed E-state index contributed by atoms with van der Waals surface area (Å²) in [4.78, 5) is 25.2. The first-order valence-electron chi connectivity index (χ1n) is 7.37. The maximum Gasteiger partial charge on any atom is 0.327 e. The molecular weight excluding hydrogens is 292 g/mol. The van der Waals surface area contributed by atoms with Crippen molar-refractivity contribution in [2.24, 2.45) is 0 Å². The molecule has 0 aliphatic carbocycles. The molecule has 0 bridgehead atoms. The fourth-order valence-corrected chi connectivity index (χ4v) is 3.83. The average Bonchev–Trinajstić information content (AvgIpc) is 2.80. The first-order valence-corrected chi connectivity index (χ1v) is 8.41. The first-order chi connectivity index (χ1) is 9.82. The van der Waals surface area contributed by atoms with Gasteiger partial charge in [-0.05, 0) is 27.2 Å². The molecule has 0 aromatic rings. The summed E-state index contributed by atoms with van der Waals surface area (Å²) >= 11 is 1.54. The van der Waals surface area contributed by atoms with E-state index in [1.165, 1.54) is 16.7 Å². The number of ether oxygens (including phenoxy) is 1. The molecule has 0 radical (unpaired) electrons. The summed E-state index contributed by atoms with van der Waals surface area (Å²) in [6, 6.07) is -1.07. The SMILES string of the molecule is CCCC1SCC(C(=O)O)N1C(=O)NCC(C)(C)OCC. The monoisotopic (exact) mass is 318 g/mol. The molecule has 0 aromatic heterocycles. The van der Waals surface area contributed by atoms with Crippen molar-refractivity contribution in [1.29, 1.82) is 0 Å². The Balaban J connectivity index is 2.68. The van der Waals surface area contributed by atoms with E-state index >= 15 is 0 Å². The second-order valence-corrected chi connectivity index (χ2v) is 6.90. The molecule has 1 aliphatic heterocycles. The third-order valence-electron chi connectivity index (χ3n) is 3.35. The lowest BCUT2D eigenvalue weighted by atomic mass is 10.1. The lowest BCUT2D eigenvalue weighted by Gasteiger charge is -2.30. The number of nitrogens with one attached hydrogen (secondary N) is 1. The van der Waals surface area contributed by atoms with E-state index in [4.69, 9.17) is 4.74 Å². The lowest BCUT2D eigenvalue weighted by Crippen LogP contribution is -2.52. The van der Waals surface area contributed by atoms with Gasteiger partial charge in [0, 0.05) is 18.9 Å². The molecule has 2 amide bonds. The van der Waals surface area contributed by atoms with E-state index in [-0.39, 0.29) is 11.4 Å². The third kappa shape index (κ3) is 5.07. The average molecular weight is 318 g/mol. The highest BCUT2D eigenvalue weighted by molar-refractivity contribution is 8.00. The third-order valence-corrected chi connectivity index (χ3v) is 4.70. The number of carboxylic acids is 1. The van der Waals surface area contributed by atoms with Crippen LogP contribution in [0.4, 0.5) is 4.79 Å². The van der Waals surface area contributed by atoms with Gasteiger partial charge in [-0.15, -0.1) is 11.8 Å². The zero-order valence-corrected chi connectivity index (χ0v) is 14.0. The Morgan fingerprint density at radius 3 is 2.62 bits per heavy atom. The zero-order valence-electron chi connectivity index (χ0n) is 13.2. The van der Waals surface area contributed by atoms with Gasteiger partial charge in [-0.25, -0.2) is 9.59 Å². The largest absolute Gasteiger partial charge is 0.480 e. The van der Waals surface area contributed by atoms with Crippen LogP contribution in [0, 0.1) is 0 Å². The van der Waals surface area contributed by atoms with E-state index in [0.717, 1.165) is 12.8 Å². The molecule has 0 saturated carbocycles. The van der Waals surface area contributed by atoms with Crippen LogP contribution < -0.4 is 5.32 Å². The maximum atomic E-state index is 12.4. The van der Waals surface area contributed by atoms with Crippen LogP contribution in [-0.2, 0) is 9.53 Å². The Labute approximate surface area is 130 Å². The van der Waals surface area contributed by atoms with Crippen LogP contribution in [0.2, 0.25) is 0 Å². The summed E-state index contributed by atoms with van der Waals surface area (Å²) in [5.41, 5.74) is -0.462. The van der Waals surface area contributed by atoms with Gasteiger partial charge < -0.3 is 15.2 Å². The molecule has 1 fully saturated rings. The van der Waals surface area contributed by atoms with Crippen molar-refractivity contribution in [2.45, 2.75) is 57.6 Å². The highest BCUT2D eigenvalue weighted by atomic mass is 32.2. The van der Waals surface area contributed by atoms with Gasteiger partial charge in [-0.2, -0.15) is 0 Å². The second kappa shape index (κ2) is 7.89. The molecule has 2 N–H and O–H groups in total. The van der Waals surface area contributed by atoms with Gasteiger partial charge in [0.25, 0.3) is 0 Å². The van der Waals surface area contributed by atoms with E-state index < -0.39 is 17.6 Å². The van der Waals surface area contributed by atoms with Gasteiger partial charge in [0.15, 0.2) is 0 Å². The summed E-state index contributed by atoms with van der Waals surface area (Å²) in [7, 11) is 0. The lowest BCUT2D eigenvalue weighted by molar-refractivity contribution is -0.141. The van der Waals surface area contributed by atoms with Crippen LogP contribution in [-0.4, -0.2) is 57.9 Å². The smallest absolute Gasteiger partial charge is 0.327 e. The van der Waals surface area contributed by atoms with Crippen LogP contribution >= 0.6 is 11.8 Å². The van der Waals surface area contributed by atoms with Gasteiger partial charge in [0.2, 0.25) is 0 Å². The Kier molecular flexibility index (Phi) is 6.80. The van der Waals surface area contributed by atoms with E-state index in [2.05, 4.69) is 5.32 Å². The van der Waals surface area contributed by atoms with E-state index in [1.54, 1.807) is 0 Å². The number of hydrogen-bond acceptors (Lipinski definition) is 4. The van der Waals surface area contributed by atoms with E-state index in [9.17, 15) is 14.7 Å². The van der Waals surface area contributed by atoms with Gasteiger partial charge >= 0.3 is 12.0 Å². The van der Waals surface area contributed by atoms with Crippen molar-refractivity contribution < 1.29 is 19.4 Å². The van der Waals surface area contributed by atoms with Crippen molar-refractivity contribution in [2.75, 3.05) is 18.9 Å². The number of aliphatic carboxylic acids is 1. The van der Waals surface area contributed by atoms with Crippen molar-refractivity contribution in [3.63, 3.8) is 0 Å². The first kappa shape index (κ1) is 18.1. The van der Waals surface area contributed by atoms with Crippen LogP contribution in [0.5, 0.6) is 0 Å². The normalized spacial score (nSPS) is 22.4. The number of amides is 2. The molecule has 0 aromatic carbocycles. The molecule has 122 valence electrons. The summed E-state index contributed by atoms with van der Waals surface area (Å²) in [5.74, 6) is -0.497. The molecule has 1 aliphatic rings. The molecular formula is C14H26N2O4S. The molecule has 21 heavy (non-hydrogen) atoms.